The van der Waals surface area contributed by atoms with E-state index < -0.39 is 41.8 Å². The number of unbranched alkanes of at least 4 members (excludes halogenated alkanes) is 5. The summed E-state index contributed by atoms with van der Waals surface area (Å²) in [6.07, 6.45) is 10.2. The molecular weight excluding hydrogens is 835 g/mol. The van der Waals surface area contributed by atoms with Crippen molar-refractivity contribution in [2.24, 2.45) is 5.73 Å². The second-order valence-electron chi connectivity index (χ2n) is 16.9. The van der Waals surface area contributed by atoms with Gasteiger partial charge in [-0.2, -0.15) is 0 Å². The van der Waals surface area contributed by atoms with Gasteiger partial charge in [0.25, 0.3) is 5.91 Å². The van der Waals surface area contributed by atoms with Crippen LogP contribution in [0, 0.1) is 6.92 Å². The number of hydrogen-bond acceptors (Lipinski definition) is 8. The third-order valence-corrected chi connectivity index (χ3v) is 11.5. The van der Waals surface area contributed by atoms with Crippen molar-refractivity contribution in [1.29, 1.82) is 0 Å². The molecule has 7 N–H and O–H groups in total. The topological polar surface area (TPSA) is 209 Å². The Morgan fingerprint density at radius 2 is 1.38 bits per heavy atom. The molecule has 1 aromatic heterocycles. The third-order valence-electron chi connectivity index (χ3n) is 11.5. The number of hydrazine groups is 1. The van der Waals surface area contributed by atoms with Crippen LogP contribution in [0.2, 0.25) is 0 Å². The molecular formula is C52H65N7O7. The van der Waals surface area contributed by atoms with Crippen molar-refractivity contribution in [1.82, 2.24) is 30.6 Å². The number of carbonyl (C=O) groups excluding carboxylic acids is 4. The van der Waals surface area contributed by atoms with Crippen LogP contribution in [0.1, 0.15) is 111 Å². The molecule has 0 spiro atoms. The molecule has 14 nitrogen and oxygen atoms in total. The van der Waals surface area contributed by atoms with Crippen molar-refractivity contribution < 1.29 is 34.2 Å². The molecule has 0 saturated carbocycles. The van der Waals surface area contributed by atoms with Crippen LogP contribution in [-0.4, -0.2) is 79.0 Å². The number of nitrogens with one attached hydrogen (secondary N) is 3. The van der Waals surface area contributed by atoms with Gasteiger partial charge in [0.1, 0.15) is 11.8 Å². The number of amides is 4. The van der Waals surface area contributed by atoms with Crippen LogP contribution in [0.3, 0.4) is 0 Å². The van der Waals surface area contributed by atoms with Crippen molar-refractivity contribution in [3.05, 3.63) is 155 Å². The lowest BCUT2D eigenvalue weighted by molar-refractivity contribution is -0.156. The maximum Gasteiger partial charge on any atom is 0.328 e. The van der Waals surface area contributed by atoms with Crippen molar-refractivity contribution >= 4 is 29.6 Å². The largest absolute Gasteiger partial charge is 0.508 e. The minimum absolute atomic E-state index is 0.0133. The summed E-state index contributed by atoms with van der Waals surface area (Å²) in [7, 11) is 0. The summed E-state index contributed by atoms with van der Waals surface area (Å²) < 4.78 is 1.97. The number of phenolic OH excluding ortho intramolecular Hbond substituents is 1. The zero-order valence-electron chi connectivity index (χ0n) is 38.1. The smallest absolute Gasteiger partial charge is 0.328 e. The Bertz CT molecular complexity index is 2250. The lowest BCUT2D eigenvalue weighted by Gasteiger charge is -2.31. The highest BCUT2D eigenvalue weighted by atomic mass is 16.4. The number of nitrogens with zero attached hydrogens (tertiary/aromatic N) is 3. The van der Waals surface area contributed by atoms with Gasteiger partial charge in [0, 0.05) is 38.4 Å². The summed E-state index contributed by atoms with van der Waals surface area (Å²) in [5.41, 5.74) is 14.2. The van der Waals surface area contributed by atoms with Crippen LogP contribution in [0.25, 0.3) is 0 Å². The number of aliphatic carboxylic acids is 1. The molecule has 0 radical (unpaired) electrons. The number of rotatable bonds is 26. The molecule has 14 heteroatoms. The van der Waals surface area contributed by atoms with Crippen molar-refractivity contribution in [3.63, 3.8) is 0 Å². The van der Waals surface area contributed by atoms with Crippen molar-refractivity contribution in [3.8, 4) is 5.75 Å². The highest BCUT2D eigenvalue weighted by molar-refractivity contribution is 5.92. The lowest BCUT2D eigenvalue weighted by Crippen LogP contribution is -2.60. The molecule has 0 saturated heterocycles. The third kappa shape index (κ3) is 16.0. The number of carboxylic acid groups (broad SMARTS) is 1. The summed E-state index contributed by atoms with van der Waals surface area (Å²) in [6.45, 7) is 4.45. The summed E-state index contributed by atoms with van der Waals surface area (Å²) in [6, 6.07) is 29.4. The molecule has 5 aromatic rings. The molecule has 3 atom stereocenters. The number of nitrogens with two attached hydrogens (primary N) is 1. The maximum atomic E-state index is 14.4. The van der Waals surface area contributed by atoms with Gasteiger partial charge in [-0.05, 0) is 73.4 Å². The molecule has 0 aliphatic carbocycles. The molecule has 1 heterocycles. The average Bonchev–Trinajstić information content (AvgIpc) is 3.77. The Balaban J connectivity index is 1.32. The van der Waals surface area contributed by atoms with Gasteiger partial charge in [0.2, 0.25) is 17.7 Å². The van der Waals surface area contributed by atoms with Gasteiger partial charge in [-0.3, -0.25) is 24.6 Å². The van der Waals surface area contributed by atoms with E-state index in [4.69, 9.17) is 5.73 Å². The van der Waals surface area contributed by atoms with Gasteiger partial charge in [-0.1, -0.05) is 135 Å². The number of carboxylic acids is 1. The number of aryl methyl sites for hydroxylation is 2. The SMILES string of the molecule is CCCCCCCC(=O)NCCCC[C@@H](NC(=O)[C@@H](N)Cc1cn(C(c2ccccc2)c2ccccc2)cn1)C(=O)NN(C(=O)CCc1ccc(C)cc1)[C@@H](Cc1ccc(O)cc1)C(=O)O. The fraction of sp³-hybridized carbons (Fsp3) is 0.385. The van der Waals surface area contributed by atoms with Gasteiger partial charge in [0.05, 0.1) is 24.1 Å². The quantitative estimate of drug-likeness (QED) is 0.0257. The number of imidazole rings is 1. The summed E-state index contributed by atoms with van der Waals surface area (Å²) >= 11 is 0. The average molecular weight is 900 g/mol. The number of benzene rings is 4. The first kappa shape index (κ1) is 50.2. The van der Waals surface area contributed by atoms with E-state index in [1.807, 2.05) is 103 Å². The van der Waals surface area contributed by atoms with Gasteiger partial charge >= 0.3 is 5.97 Å². The number of aromatic hydroxyl groups is 1. The van der Waals surface area contributed by atoms with Gasteiger partial charge < -0.3 is 31.1 Å². The highest BCUT2D eigenvalue weighted by Gasteiger charge is 2.34. The minimum atomic E-state index is -1.54. The van der Waals surface area contributed by atoms with E-state index >= 15 is 0 Å². The van der Waals surface area contributed by atoms with Gasteiger partial charge in [-0.25, -0.2) is 14.8 Å². The monoisotopic (exact) mass is 899 g/mol. The molecule has 66 heavy (non-hydrogen) atoms. The van der Waals surface area contributed by atoms with Gasteiger partial charge in [0.15, 0.2) is 6.04 Å². The first-order valence-corrected chi connectivity index (χ1v) is 23.1. The Hall–Kier alpha value is -6.80. The Morgan fingerprint density at radius 1 is 0.742 bits per heavy atom. The Kier molecular flexibility index (Phi) is 20.0. The predicted octanol–water partition coefficient (Wildman–Crippen LogP) is 6.72. The van der Waals surface area contributed by atoms with Crippen LogP contribution >= 0.6 is 0 Å². The van der Waals surface area contributed by atoms with E-state index in [1.165, 1.54) is 12.1 Å². The number of phenols is 1. The molecule has 0 aliphatic heterocycles. The first-order valence-electron chi connectivity index (χ1n) is 23.1. The molecule has 350 valence electrons. The van der Waals surface area contributed by atoms with Crippen LogP contribution in [0.5, 0.6) is 5.75 Å². The second-order valence-corrected chi connectivity index (χ2v) is 16.9. The van der Waals surface area contributed by atoms with E-state index in [9.17, 15) is 34.2 Å². The normalized spacial score (nSPS) is 12.5. The molecule has 4 aromatic carbocycles. The van der Waals surface area contributed by atoms with Gasteiger partial charge in [-0.15, -0.1) is 0 Å². The van der Waals surface area contributed by atoms with E-state index in [0.29, 0.717) is 37.1 Å². The number of aromatic nitrogens is 2. The molecule has 5 rings (SSSR count). The lowest BCUT2D eigenvalue weighted by atomic mass is 9.98. The zero-order chi connectivity index (χ0) is 47.3. The highest BCUT2D eigenvalue weighted by Crippen LogP contribution is 2.27. The summed E-state index contributed by atoms with van der Waals surface area (Å²) in [5.74, 6) is -3.51. The van der Waals surface area contributed by atoms with Crippen molar-refractivity contribution in [2.45, 2.75) is 121 Å². The molecule has 0 bridgehead atoms. The Morgan fingerprint density at radius 3 is 2.02 bits per heavy atom. The number of hydrogen-bond donors (Lipinski definition) is 6. The Labute approximate surface area is 388 Å². The molecule has 0 aliphatic rings. The van der Waals surface area contributed by atoms with Crippen LogP contribution < -0.4 is 21.8 Å². The first-order chi connectivity index (χ1) is 31.9. The number of carbonyl (C=O) groups is 5. The summed E-state index contributed by atoms with van der Waals surface area (Å²) in [5, 5.41) is 26.9. The van der Waals surface area contributed by atoms with E-state index in [0.717, 1.165) is 59.4 Å². The van der Waals surface area contributed by atoms with E-state index in [1.54, 1.807) is 18.5 Å². The molecule has 0 unspecified atom stereocenters. The van der Waals surface area contributed by atoms with E-state index in [-0.39, 0.29) is 49.8 Å². The maximum absolute atomic E-state index is 14.4. The fourth-order valence-corrected chi connectivity index (χ4v) is 7.76. The standard InChI is InChI=1S/C52H65N7O7/c1-3-4-5-6-13-21-47(61)54-32-15-14-20-45(56-50(63)44(53)34-42-35-58(36-55-42)49(40-16-9-7-10-17-40)41-18-11-8-12-19-41)51(64)57-59(48(62)31-28-38-24-22-37(2)23-25-38)46(52(65)66)33-39-26-29-43(60)30-27-39/h7-12,16-19,22-27,29-30,35-36,44-46,49,60H,3-6,13-15,20-21,28,31-34,53H2,1-2H3,(H,54,61)(H,56,63)(H,57,64)(H,65,66)/t44-,45+,46-/m0/s1. The predicted molar refractivity (Wildman–Crippen MR) is 254 cm³/mol. The molecule has 4 amide bonds. The zero-order valence-corrected chi connectivity index (χ0v) is 38.1. The minimum Gasteiger partial charge on any atom is -0.508 e. The van der Waals surface area contributed by atoms with Crippen LogP contribution in [0.15, 0.2) is 122 Å². The summed E-state index contributed by atoms with van der Waals surface area (Å²) in [4.78, 5) is 72.3. The van der Waals surface area contributed by atoms with Crippen LogP contribution in [-0.2, 0) is 43.2 Å². The second kappa shape index (κ2) is 26.2. The fourth-order valence-electron chi connectivity index (χ4n) is 7.76. The van der Waals surface area contributed by atoms with Crippen LogP contribution in [0.4, 0.5) is 0 Å². The van der Waals surface area contributed by atoms with Crippen molar-refractivity contribution in [2.75, 3.05) is 6.54 Å². The van der Waals surface area contributed by atoms with E-state index in [2.05, 4.69) is 28.0 Å². The molecule has 0 fully saturated rings.